The molecular weight excluding hydrogens is 183 g/mol. The second kappa shape index (κ2) is 3.78. The van der Waals surface area contributed by atoms with Crippen molar-refractivity contribution in [3.63, 3.8) is 0 Å². The summed E-state index contributed by atoms with van der Waals surface area (Å²) >= 11 is 0. The lowest BCUT2D eigenvalue weighted by molar-refractivity contribution is 0.628. The SMILES string of the molecule is Fc1ccc(/C=N/n2cncn2)cc1. The van der Waals surface area contributed by atoms with Crippen LogP contribution in [-0.4, -0.2) is 21.1 Å². The lowest BCUT2D eigenvalue weighted by atomic mass is 10.2. The second-order valence-corrected chi connectivity index (χ2v) is 2.61. The monoisotopic (exact) mass is 190 g/mol. The first kappa shape index (κ1) is 8.55. The summed E-state index contributed by atoms with van der Waals surface area (Å²) < 4.78 is 12.5. The molecule has 0 aliphatic heterocycles. The van der Waals surface area contributed by atoms with Crippen molar-refractivity contribution in [3.8, 4) is 0 Å². The number of nitrogens with zero attached hydrogens (tertiary/aromatic N) is 4. The smallest absolute Gasteiger partial charge is 0.139 e. The number of halogens is 1. The van der Waals surface area contributed by atoms with E-state index in [0.717, 1.165) is 5.56 Å². The van der Waals surface area contributed by atoms with Gasteiger partial charge in [-0.05, 0) is 17.7 Å². The minimum atomic E-state index is -0.261. The molecule has 70 valence electrons. The van der Waals surface area contributed by atoms with Gasteiger partial charge in [-0.2, -0.15) is 5.10 Å². The Hall–Kier alpha value is -2.04. The number of aromatic nitrogens is 3. The quantitative estimate of drug-likeness (QED) is 0.670. The Morgan fingerprint density at radius 3 is 2.71 bits per heavy atom. The normalized spacial score (nSPS) is 10.9. The van der Waals surface area contributed by atoms with Gasteiger partial charge in [0.1, 0.15) is 18.5 Å². The van der Waals surface area contributed by atoms with E-state index in [4.69, 9.17) is 0 Å². The highest BCUT2D eigenvalue weighted by Gasteiger charge is 1.89. The number of hydrogen-bond acceptors (Lipinski definition) is 3. The summed E-state index contributed by atoms with van der Waals surface area (Å²) in [6.45, 7) is 0. The average molecular weight is 190 g/mol. The zero-order chi connectivity index (χ0) is 9.80. The van der Waals surface area contributed by atoms with Crippen molar-refractivity contribution in [1.82, 2.24) is 14.9 Å². The maximum Gasteiger partial charge on any atom is 0.139 e. The first-order chi connectivity index (χ1) is 6.84. The van der Waals surface area contributed by atoms with Crippen LogP contribution in [0.25, 0.3) is 0 Å². The lowest BCUT2D eigenvalue weighted by Gasteiger charge is -1.91. The maximum atomic E-state index is 12.5. The Labute approximate surface area is 79.7 Å². The van der Waals surface area contributed by atoms with Crippen LogP contribution >= 0.6 is 0 Å². The number of benzene rings is 1. The topological polar surface area (TPSA) is 43.1 Å². The van der Waals surface area contributed by atoms with Crippen molar-refractivity contribution in [2.45, 2.75) is 0 Å². The molecule has 2 aromatic rings. The Bertz CT molecular complexity index is 419. The van der Waals surface area contributed by atoms with E-state index in [9.17, 15) is 4.39 Å². The molecule has 0 radical (unpaired) electrons. The first-order valence-electron chi connectivity index (χ1n) is 3.99. The van der Waals surface area contributed by atoms with Crippen molar-refractivity contribution in [2.75, 3.05) is 0 Å². The maximum absolute atomic E-state index is 12.5. The summed E-state index contributed by atoms with van der Waals surface area (Å²) in [7, 11) is 0. The van der Waals surface area contributed by atoms with E-state index in [2.05, 4.69) is 15.2 Å². The molecule has 0 saturated heterocycles. The summed E-state index contributed by atoms with van der Waals surface area (Å²) in [6, 6.07) is 6.02. The van der Waals surface area contributed by atoms with Crippen LogP contribution in [0, 0.1) is 5.82 Å². The molecule has 0 spiro atoms. The van der Waals surface area contributed by atoms with E-state index >= 15 is 0 Å². The number of rotatable bonds is 2. The third kappa shape index (κ3) is 2.01. The van der Waals surface area contributed by atoms with Gasteiger partial charge in [0.2, 0.25) is 0 Å². The predicted molar refractivity (Wildman–Crippen MR) is 49.4 cm³/mol. The van der Waals surface area contributed by atoms with E-state index in [1.807, 2.05) is 0 Å². The summed E-state index contributed by atoms with van der Waals surface area (Å²) in [4.78, 5) is 5.05. The fraction of sp³-hybridized carbons (Fsp3) is 0. The van der Waals surface area contributed by atoms with Crippen LogP contribution in [0.5, 0.6) is 0 Å². The van der Waals surface area contributed by atoms with Gasteiger partial charge in [-0.3, -0.25) is 0 Å². The van der Waals surface area contributed by atoms with Crippen LogP contribution in [0.2, 0.25) is 0 Å². The van der Waals surface area contributed by atoms with Gasteiger partial charge in [-0.25, -0.2) is 9.37 Å². The molecule has 0 aliphatic rings. The predicted octanol–water partition coefficient (Wildman–Crippen LogP) is 1.30. The molecule has 0 aliphatic carbocycles. The largest absolute Gasteiger partial charge is 0.221 e. The fourth-order valence-electron chi connectivity index (χ4n) is 0.936. The molecule has 2 rings (SSSR count). The summed E-state index contributed by atoms with van der Waals surface area (Å²) in [6.07, 6.45) is 4.44. The molecule has 14 heavy (non-hydrogen) atoms. The molecule has 0 atom stereocenters. The van der Waals surface area contributed by atoms with E-state index in [0.29, 0.717) is 0 Å². The molecule has 0 bridgehead atoms. The van der Waals surface area contributed by atoms with Gasteiger partial charge < -0.3 is 0 Å². The zero-order valence-corrected chi connectivity index (χ0v) is 7.21. The van der Waals surface area contributed by atoms with E-state index < -0.39 is 0 Å². The van der Waals surface area contributed by atoms with Crippen molar-refractivity contribution >= 4 is 6.21 Å². The molecule has 1 aromatic carbocycles. The molecule has 0 N–H and O–H groups in total. The highest BCUT2D eigenvalue weighted by molar-refractivity contribution is 5.79. The van der Waals surface area contributed by atoms with Crippen molar-refractivity contribution in [1.29, 1.82) is 0 Å². The highest BCUT2D eigenvalue weighted by Crippen LogP contribution is 1.99. The molecule has 0 saturated carbocycles. The highest BCUT2D eigenvalue weighted by atomic mass is 19.1. The van der Waals surface area contributed by atoms with Crippen molar-refractivity contribution < 1.29 is 4.39 Å². The number of hydrogen-bond donors (Lipinski definition) is 0. The lowest BCUT2D eigenvalue weighted by Crippen LogP contribution is -1.90. The third-order valence-corrected chi connectivity index (χ3v) is 1.60. The van der Waals surface area contributed by atoms with Crippen molar-refractivity contribution in [3.05, 3.63) is 48.3 Å². The Kier molecular flexibility index (Phi) is 2.31. The molecule has 0 amide bonds. The Morgan fingerprint density at radius 2 is 2.07 bits per heavy atom. The summed E-state index contributed by atoms with van der Waals surface area (Å²) in [5, 5.41) is 7.74. The van der Waals surface area contributed by atoms with E-state index in [-0.39, 0.29) is 5.82 Å². The van der Waals surface area contributed by atoms with Gasteiger partial charge in [0.15, 0.2) is 0 Å². The fourth-order valence-corrected chi connectivity index (χ4v) is 0.936. The van der Waals surface area contributed by atoms with Crippen LogP contribution in [0.15, 0.2) is 42.0 Å². The van der Waals surface area contributed by atoms with E-state index in [1.165, 1.54) is 29.6 Å². The molecule has 5 heteroatoms. The van der Waals surface area contributed by atoms with Gasteiger partial charge in [-0.1, -0.05) is 12.1 Å². The Morgan fingerprint density at radius 1 is 1.29 bits per heavy atom. The second-order valence-electron chi connectivity index (χ2n) is 2.61. The minimum absolute atomic E-state index is 0.261. The van der Waals surface area contributed by atoms with Crippen molar-refractivity contribution in [2.24, 2.45) is 5.10 Å². The van der Waals surface area contributed by atoms with Crippen LogP contribution in [0.4, 0.5) is 4.39 Å². The van der Waals surface area contributed by atoms with Gasteiger partial charge >= 0.3 is 0 Å². The molecule has 1 aromatic heterocycles. The van der Waals surface area contributed by atoms with Crippen LogP contribution in [0.1, 0.15) is 5.56 Å². The van der Waals surface area contributed by atoms with Gasteiger partial charge in [0, 0.05) is 0 Å². The van der Waals surface area contributed by atoms with Crippen LogP contribution in [-0.2, 0) is 0 Å². The van der Waals surface area contributed by atoms with Gasteiger partial charge in [-0.15, -0.1) is 9.89 Å². The van der Waals surface area contributed by atoms with Crippen LogP contribution in [0.3, 0.4) is 0 Å². The molecule has 0 unspecified atom stereocenters. The molecular formula is C9H7FN4. The molecule has 4 nitrogen and oxygen atoms in total. The third-order valence-electron chi connectivity index (χ3n) is 1.60. The summed E-state index contributed by atoms with van der Waals surface area (Å²) in [5.41, 5.74) is 0.807. The molecule has 0 fully saturated rings. The Balaban J connectivity index is 2.15. The standard InChI is InChI=1S/C9H7FN4/c10-9-3-1-8(2-4-9)5-12-14-7-11-6-13-14/h1-7H/b12-5+. The van der Waals surface area contributed by atoms with Gasteiger partial charge in [0.25, 0.3) is 0 Å². The van der Waals surface area contributed by atoms with E-state index in [1.54, 1.807) is 18.3 Å². The van der Waals surface area contributed by atoms with Crippen LogP contribution < -0.4 is 0 Å². The molecule has 1 heterocycles. The first-order valence-corrected chi connectivity index (χ1v) is 3.99. The van der Waals surface area contributed by atoms with Gasteiger partial charge in [0.05, 0.1) is 6.21 Å². The minimum Gasteiger partial charge on any atom is -0.221 e. The summed E-state index contributed by atoms with van der Waals surface area (Å²) in [5.74, 6) is -0.261. The zero-order valence-electron chi connectivity index (χ0n) is 7.21. The average Bonchev–Trinajstić information content (AvgIpc) is 2.70.